The van der Waals surface area contributed by atoms with Crippen molar-refractivity contribution in [1.82, 2.24) is 4.90 Å². The third kappa shape index (κ3) is 3.97. The van der Waals surface area contributed by atoms with Crippen molar-refractivity contribution in [3.8, 4) is 17.2 Å². The van der Waals surface area contributed by atoms with Crippen molar-refractivity contribution < 1.29 is 29.0 Å². The lowest BCUT2D eigenvalue weighted by Gasteiger charge is -2.32. The zero-order valence-corrected chi connectivity index (χ0v) is 18.7. The lowest BCUT2D eigenvalue weighted by molar-refractivity contribution is -0.918. The molecule has 32 heavy (non-hydrogen) atoms. The van der Waals surface area contributed by atoms with Gasteiger partial charge in [0.2, 0.25) is 5.78 Å². The van der Waals surface area contributed by atoms with Crippen LogP contribution in [0.5, 0.6) is 17.2 Å². The summed E-state index contributed by atoms with van der Waals surface area (Å²) in [6, 6.07) is 6.55. The number of carbonyl (C=O) groups is 1. The van der Waals surface area contributed by atoms with Crippen LogP contribution in [0.3, 0.4) is 0 Å². The summed E-state index contributed by atoms with van der Waals surface area (Å²) in [6.45, 7) is 8.20. The summed E-state index contributed by atoms with van der Waals surface area (Å²) in [5, 5.41) is 13.2. The van der Waals surface area contributed by atoms with Gasteiger partial charge in [0.15, 0.2) is 12.6 Å². The molecule has 5 rings (SSSR count). The summed E-state index contributed by atoms with van der Waals surface area (Å²) in [6.07, 6.45) is 1.64. The standard InChI is InChI=1S/C24H25ClN2O5/c1-2-26-5-7-27(8-6-26)12-19-20(28)4-3-18-22(29)21(32-24(18)19)11-15-9-17(25)10-16-13-30-14-31-23(15)16/h3-4,9-11,28H,2,5-8,12-14H2,1H3. The van der Waals surface area contributed by atoms with E-state index in [2.05, 4.69) is 11.8 Å². The van der Waals surface area contributed by atoms with E-state index in [4.69, 9.17) is 25.8 Å². The van der Waals surface area contributed by atoms with E-state index in [9.17, 15) is 9.90 Å². The van der Waals surface area contributed by atoms with E-state index in [0.717, 1.165) is 38.3 Å². The van der Waals surface area contributed by atoms with Crippen LogP contribution in [0.2, 0.25) is 5.02 Å². The number of ether oxygens (including phenoxy) is 3. The summed E-state index contributed by atoms with van der Waals surface area (Å²) in [4.78, 5) is 16.8. The number of quaternary nitrogens is 1. The molecule has 168 valence electrons. The Bertz CT molecular complexity index is 1090. The Labute approximate surface area is 191 Å². The molecule has 0 amide bonds. The van der Waals surface area contributed by atoms with Crippen LogP contribution in [0, 0.1) is 0 Å². The second kappa shape index (κ2) is 8.75. The summed E-state index contributed by atoms with van der Waals surface area (Å²) in [5.41, 5.74) is 2.46. The first-order valence-corrected chi connectivity index (χ1v) is 11.3. The maximum atomic E-state index is 13.1. The summed E-state index contributed by atoms with van der Waals surface area (Å²) in [5.74, 6) is 0.844. The zero-order chi connectivity index (χ0) is 22.2. The molecule has 0 atom stereocenters. The van der Waals surface area contributed by atoms with Gasteiger partial charge in [-0.05, 0) is 30.8 Å². The number of fused-ring (bicyclic) bond motifs is 2. The number of allylic oxidation sites excluding steroid dienone is 1. The minimum Gasteiger partial charge on any atom is -0.872 e. The monoisotopic (exact) mass is 456 g/mol. The highest BCUT2D eigenvalue weighted by Crippen LogP contribution is 2.40. The molecule has 3 heterocycles. The van der Waals surface area contributed by atoms with Gasteiger partial charge >= 0.3 is 0 Å². The molecule has 0 unspecified atom stereocenters. The number of benzene rings is 2. The topological polar surface area (TPSA) is 75.5 Å². The van der Waals surface area contributed by atoms with Gasteiger partial charge in [-0.25, -0.2) is 0 Å². The molecule has 8 heteroatoms. The lowest BCUT2D eigenvalue weighted by Crippen LogP contribution is -3.13. The number of ketones is 1. The van der Waals surface area contributed by atoms with Crippen LogP contribution in [0.15, 0.2) is 30.0 Å². The first kappa shape index (κ1) is 21.3. The molecule has 0 spiro atoms. The number of piperazine rings is 1. The molecule has 1 saturated heterocycles. The van der Waals surface area contributed by atoms with Crippen LogP contribution in [-0.4, -0.2) is 50.2 Å². The summed E-state index contributed by atoms with van der Waals surface area (Å²) >= 11 is 6.25. The van der Waals surface area contributed by atoms with Gasteiger partial charge in [0.25, 0.3) is 0 Å². The molecule has 0 aliphatic carbocycles. The predicted molar refractivity (Wildman–Crippen MR) is 117 cm³/mol. The predicted octanol–water partition coefficient (Wildman–Crippen LogP) is 1.62. The number of Topliss-reactive ketones (excluding diaryl/α,β-unsaturated/α-hetero) is 1. The van der Waals surface area contributed by atoms with E-state index >= 15 is 0 Å². The third-order valence-electron chi connectivity index (χ3n) is 6.33. The molecule has 7 nitrogen and oxygen atoms in total. The maximum absolute atomic E-state index is 13.1. The molecule has 0 bridgehead atoms. The van der Waals surface area contributed by atoms with Gasteiger partial charge in [0.1, 0.15) is 18.0 Å². The fourth-order valence-corrected chi connectivity index (χ4v) is 4.78. The molecule has 1 N–H and O–H groups in total. The van der Waals surface area contributed by atoms with Gasteiger partial charge < -0.3 is 24.2 Å². The molecular weight excluding hydrogens is 432 g/mol. The van der Waals surface area contributed by atoms with Crippen LogP contribution in [0.4, 0.5) is 0 Å². The molecule has 3 aliphatic rings. The molecule has 1 fully saturated rings. The van der Waals surface area contributed by atoms with Crippen molar-refractivity contribution in [3.63, 3.8) is 0 Å². The van der Waals surface area contributed by atoms with Crippen molar-refractivity contribution in [1.29, 1.82) is 0 Å². The largest absolute Gasteiger partial charge is 0.872 e. The SMILES string of the molecule is CCN1CC[NH+](Cc2c([O-])ccc3c2OC(=Cc2cc(Cl)cc4c2OCOC4)C3=O)CC1. The number of hydrogen-bond acceptors (Lipinski definition) is 6. The average Bonchev–Trinajstić information content (AvgIpc) is 3.11. The Hall–Kier alpha value is -2.58. The molecule has 0 radical (unpaired) electrons. The highest BCUT2D eigenvalue weighted by Gasteiger charge is 2.32. The Kier molecular flexibility index (Phi) is 5.82. The molecular formula is C24H25ClN2O5. The summed E-state index contributed by atoms with van der Waals surface area (Å²) in [7, 11) is 0. The van der Waals surface area contributed by atoms with E-state index in [-0.39, 0.29) is 24.1 Å². The van der Waals surface area contributed by atoms with Crippen LogP contribution in [0.25, 0.3) is 6.08 Å². The van der Waals surface area contributed by atoms with Gasteiger partial charge in [-0.1, -0.05) is 30.3 Å². The Morgan fingerprint density at radius 3 is 2.81 bits per heavy atom. The van der Waals surface area contributed by atoms with Crippen LogP contribution < -0.4 is 19.5 Å². The molecule has 0 aromatic heterocycles. The number of halogens is 1. The molecule has 0 saturated carbocycles. The second-order valence-corrected chi connectivity index (χ2v) is 8.75. The van der Waals surface area contributed by atoms with E-state index in [1.807, 2.05) is 0 Å². The van der Waals surface area contributed by atoms with Crippen molar-refractivity contribution >= 4 is 23.5 Å². The first-order valence-electron chi connectivity index (χ1n) is 10.9. The van der Waals surface area contributed by atoms with Gasteiger partial charge in [0.05, 0.1) is 25.3 Å². The number of nitrogens with zero attached hydrogens (tertiary/aromatic N) is 1. The van der Waals surface area contributed by atoms with Crippen LogP contribution >= 0.6 is 11.6 Å². The van der Waals surface area contributed by atoms with E-state index < -0.39 is 0 Å². The minimum absolute atomic E-state index is 0.0937. The quantitative estimate of drug-likeness (QED) is 0.705. The Morgan fingerprint density at radius 2 is 2.03 bits per heavy atom. The number of nitrogens with one attached hydrogen (secondary N) is 1. The van der Waals surface area contributed by atoms with Crippen LogP contribution in [-0.2, 0) is 17.9 Å². The molecule has 2 aromatic carbocycles. The Morgan fingerprint density at radius 1 is 1.22 bits per heavy atom. The fraction of sp³-hybridized carbons (Fsp3) is 0.375. The van der Waals surface area contributed by atoms with Crippen molar-refractivity contribution in [2.45, 2.75) is 20.1 Å². The number of rotatable bonds is 4. The van der Waals surface area contributed by atoms with Gasteiger partial charge in [0, 0.05) is 34.8 Å². The van der Waals surface area contributed by atoms with Crippen LogP contribution in [0.1, 0.15) is 34.0 Å². The lowest BCUT2D eigenvalue weighted by atomic mass is 10.0. The average molecular weight is 457 g/mol. The highest BCUT2D eigenvalue weighted by molar-refractivity contribution is 6.31. The van der Waals surface area contributed by atoms with E-state index in [1.54, 1.807) is 24.3 Å². The van der Waals surface area contributed by atoms with Gasteiger partial charge in [-0.15, -0.1) is 0 Å². The van der Waals surface area contributed by atoms with Gasteiger partial charge in [-0.2, -0.15) is 0 Å². The molecule has 2 aromatic rings. The Balaban J connectivity index is 1.44. The maximum Gasteiger partial charge on any atom is 0.231 e. The number of likely N-dealkylation sites (N-methyl/N-ethyl adjacent to an activating group) is 1. The van der Waals surface area contributed by atoms with E-state index in [1.165, 1.54) is 11.0 Å². The number of carbonyl (C=O) groups excluding carboxylic acids is 1. The molecule has 3 aliphatic heterocycles. The third-order valence-corrected chi connectivity index (χ3v) is 6.54. The smallest absolute Gasteiger partial charge is 0.231 e. The van der Waals surface area contributed by atoms with Gasteiger partial charge in [-0.3, -0.25) is 9.69 Å². The zero-order valence-electron chi connectivity index (χ0n) is 17.9. The highest BCUT2D eigenvalue weighted by atomic mass is 35.5. The fourth-order valence-electron chi connectivity index (χ4n) is 4.53. The van der Waals surface area contributed by atoms with E-state index in [0.29, 0.717) is 46.4 Å². The first-order chi connectivity index (χ1) is 15.5. The van der Waals surface area contributed by atoms with Crippen molar-refractivity contribution in [2.75, 3.05) is 39.5 Å². The van der Waals surface area contributed by atoms with Crippen molar-refractivity contribution in [2.24, 2.45) is 0 Å². The summed E-state index contributed by atoms with van der Waals surface area (Å²) < 4.78 is 17.0. The normalized spacial score (nSPS) is 20.1. The second-order valence-electron chi connectivity index (χ2n) is 8.31. The minimum atomic E-state index is -0.243. The number of hydrogen-bond donors (Lipinski definition) is 1. The van der Waals surface area contributed by atoms with Crippen molar-refractivity contribution in [3.05, 3.63) is 57.3 Å².